The fraction of sp³-hybridized carbons (Fsp3) is 0.400. The topological polar surface area (TPSA) is 77.2 Å². The quantitative estimate of drug-likeness (QED) is 0.882. The van der Waals surface area contributed by atoms with Gasteiger partial charge in [0.1, 0.15) is 5.75 Å². The maximum Gasteiger partial charge on any atom is 0.251 e. The highest BCUT2D eigenvalue weighted by Gasteiger charge is 2.10. The van der Waals surface area contributed by atoms with E-state index in [1.165, 1.54) is 0 Å². The molecule has 2 aromatic rings. The van der Waals surface area contributed by atoms with E-state index in [9.17, 15) is 4.79 Å². The summed E-state index contributed by atoms with van der Waals surface area (Å²) in [5.41, 5.74) is 0.558. The number of hydrogen-bond donors (Lipinski definition) is 1. The number of carbonyl (C=O) groups is 1. The molecule has 1 amide bonds. The van der Waals surface area contributed by atoms with Gasteiger partial charge in [0.15, 0.2) is 0 Å². The van der Waals surface area contributed by atoms with Crippen LogP contribution in [0.5, 0.6) is 5.75 Å². The van der Waals surface area contributed by atoms with Crippen molar-refractivity contribution in [2.45, 2.75) is 26.2 Å². The molecule has 0 fully saturated rings. The van der Waals surface area contributed by atoms with Crippen molar-refractivity contribution < 1.29 is 13.9 Å². The number of amides is 1. The molecule has 1 N–H and O–H groups in total. The first-order chi connectivity index (χ1) is 10.1. The van der Waals surface area contributed by atoms with Gasteiger partial charge in [0, 0.05) is 24.4 Å². The van der Waals surface area contributed by atoms with Crippen molar-refractivity contribution in [1.29, 1.82) is 0 Å². The maximum absolute atomic E-state index is 12.0. The van der Waals surface area contributed by atoms with Crippen molar-refractivity contribution in [2.75, 3.05) is 13.7 Å². The van der Waals surface area contributed by atoms with Crippen LogP contribution in [0, 0.1) is 0 Å². The Hall–Kier alpha value is -2.37. The largest absolute Gasteiger partial charge is 0.497 e. The fourth-order valence-corrected chi connectivity index (χ4v) is 1.75. The van der Waals surface area contributed by atoms with Crippen molar-refractivity contribution in [3.8, 4) is 5.75 Å². The summed E-state index contributed by atoms with van der Waals surface area (Å²) >= 11 is 0. The van der Waals surface area contributed by atoms with Gasteiger partial charge >= 0.3 is 0 Å². The molecule has 0 unspecified atom stereocenters. The van der Waals surface area contributed by atoms with Crippen LogP contribution < -0.4 is 10.1 Å². The number of benzene rings is 1. The minimum atomic E-state index is -0.155. The molecule has 0 bridgehead atoms. The average Bonchev–Trinajstić information content (AvgIpc) is 2.96. The van der Waals surface area contributed by atoms with E-state index in [1.807, 2.05) is 13.8 Å². The fourth-order valence-electron chi connectivity index (χ4n) is 1.75. The van der Waals surface area contributed by atoms with Crippen molar-refractivity contribution in [3.63, 3.8) is 0 Å². The van der Waals surface area contributed by atoms with Gasteiger partial charge in [-0.3, -0.25) is 4.79 Å². The number of aromatic nitrogens is 2. The van der Waals surface area contributed by atoms with Crippen molar-refractivity contribution in [3.05, 3.63) is 41.6 Å². The summed E-state index contributed by atoms with van der Waals surface area (Å²) in [6, 6.07) is 7.00. The van der Waals surface area contributed by atoms with Crippen LogP contribution in [0.1, 0.15) is 41.9 Å². The molecule has 112 valence electrons. The van der Waals surface area contributed by atoms with Gasteiger partial charge < -0.3 is 14.5 Å². The van der Waals surface area contributed by atoms with Crippen LogP contribution in [0.2, 0.25) is 0 Å². The molecule has 0 saturated heterocycles. The van der Waals surface area contributed by atoms with E-state index in [0.717, 1.165) is 0 Å². The van der Waals surface area contributed by atoms with E-state index in [4.69, 9.17) is 9.15 Å². The summed E-state index contributed by atoms with van der Waals surface area (Å²) in [5.74, 6) is 1.85. The lowest BCUT2D eigenvalue weighted by Crippen LogP contribution is -2.25. The number of nitrogens with one attached hydrogen (secondary N) is 1. The van der Waals surface area contributed by atoms with Crippen LogP contribution in [0.15, 0.2) is 28.7 Å². The zero-order chi connectivity index (χ0) is 15.2. The van der Waals surface area contributed by atoms with Crippen LogP contribution in [-0.2, 0) is 6.42 Å². The second-order valence-electron chi connectivity index (χ2n) is 4.93. The van der Waals surface area contributed by atoms with E-state index >= 15 is 0 Å². The summed E-state index contributed by atoms with van der Waals surface area (Å²) in [5, 5.41) is 10.7. The highest BCUT2D eigenvalue weighted by Crippen LogP contribution is 2.13. The Bertz CT molecular complexity index is 608. The number of ether oxygens (including phenoxy) is 1. The highest BCUT2D eigenvalue weighted by atomic mass is 16.5. The molecule has 1 heterocycles. The number of hydrogen-bond acceptors (Lipinski definition) is 5. The van der Waals surface area contributed by atoms with Crippen LogP contribution in [0.4, 0.5) is 0 Å². The summed E-state index contributed by atoms with van der Waals surface area (Å²) in [6.45, 7) is 4.42. The molecule has 0 saturated carbocycles. The Kier molecular flexibility index (Phi) is 4.92. The first-order valence-electron chi connectivity index (χ1n) is 6.84. The van der Waals surface area contributed by atoms with E-state index in [0.29, 0.717) is 36.1 Å². The zero-order valence-electron chi connectivity index (χ0n) is 12.4. The second-order valence-corrected chi connectivity index (χ2v) is 4.93. The molecule has 2 rings (SSSR count). The molecule has 0 spiro atoms. The third-order valence-corrected chi connectivity index (χ3v) is 2.93. The third kappa shape index (κ3) is 4.05. The monoisotopic (exact) mass is 289 g/mol. The predicted octanol–water partition coefficient (Wildman–Crippen LogP) is 2.17. The summed E-state index contributed by atoms with van der Waals surface area (Å²) in [6.07, 6.45) is 0.509. The lowest BCUT2D eigenvalue weighted by Gasteiger charge is -2.05. The molecule has 6 nitrogen and oxygen atoms in total. The van der Waals surface area contributed by atoms with E-state index < -0.39 is 0 Å². The van der Waals surface area contributed by atoms with Gasteiger partial charge in [-0.25, -0.2) is 0 Å². The van der Waals surface area contributed by atoms with E-state index in [1.54, 1.807) is 31.4 Å². The molecule has 6 heteroatoms. The Morgan fingerprint density at radius 3 is 2.86 bits per heavy atom. The Morgan fingerprint density at radius 1 is 1.38 bits per heavy atom. The maximum atomic E-state index is 12.0. The molecular formula is C15H19N3O3. The van der Waals surface area contributed by atoms with Gasteiger partial charge in [0.2, 0.25) is 11.8 Å². The van der Waals surface area contributed by atoms with Gasteiger partial charge in [0.25, 0.3) is 5.91 Å². The van der Waals surface area contributed by atoms with Gasteiger partial charge in [-0.05, 0) is 18.2 Å². The minimum absolute atomic E-state index is 0.155. The van der Waals surface area contributed by atoms with Gasteiger partial charge in [-0.2, -0.15) is 0 Å². The molecule has 21 heavy (non-hydrogen) atoms. The normalized spacial score (nSPS) is 10.7. The lowest BCUT2D eigenvalue weighted by atomic mass is 10.2. The molecule has 0 atom stereocenters. The van der Waals surface area contributed by atoms with Crippen LogP contribution in [0.3, 0.4) is 0 Å². The van der Waals surface area contributed by atoms with Gasteiger partial charge in [0.05, 0.1) is 7.11 Å². The average molecular weight is 289 g/mol. The summed E-state index contributed by atoms with van der Waals surface area (Å²) in [4.78, 5) is 12.0. The molecule has 0 aliphatic carbocycles. The van der Waals surface area contributed by atoms with Gasteiger partial charge in [-0.1, -0.05) is 19.9 Å². The van der Waals surface area contributed by atoms with Crippen molar-refractivity contribution in [1.82, 2.24) is 15.5 Å². The smallest absolute Gasteiger partial charge is 0.251 e. The Labute approximate surface area is 123 Å². The number of nitrogens with zero attached hydrogens (tertiary/aromatic N) is 2. The van der Waals surface area contributed by atoms with Crippen molar-refractivity contribution >= 4 is 5.91 Å². The number of carbonyl (C=O) groups excluding carboxylic acids is 1. The first-order valence-corrected chi connectivity index (χ1v) is 6.84. The molecular weight excluding hydrogens is 270 g/mol. The summed E-state index contributed by atoms with van der Waals surface area (Å²) < 4.78 is 10.6. The SMILES string of the molecule is COc1cccc(C(=O)NCCc2nnc(C(C)C)o2)c1. The molecule has 0 aliphatic rings. The number of rotatable bonds is 6. The van der Waals surface area contributed by atoms with Crippen LogP contribution in [0.25, 0.3) is 0 Å². The van der Waals surface area contributed by atoms with Crippen LogP contribution >= 0.6 is 0 Å². The highest BCUT2D eigenvalue weighted by molar-refractivity contribution is 5.94. The predicted molar refractivity (Wildman–Crippen MR) is 77.4 cm³/mol. The lowest BCUT2D eigenvalue weighted by molar-refractivity contribution is 0.0953. The Balaban J connectivity index is 1.86. The molecule has 0 radical (unpaired) electrons. The van der Waals surface area contributed by atoms with Crippen LogP contribution in [-0.4, -0.2) is 29.8 Å². The Morgan fingerprint density at radius 2 is 2.19 bits per heavy atom. The first kappa shape index (κ1) is 15.0. The molecule has 0 aliphatic heterocycles. The number of methoxy groups -OCH3 is 1. The van der Waals surface area contributed by atoms with E-state index in [2.05, 4.69) is 15.5 Å². The molecule has 1 aromatic heterocycles. The molecule has 1 aromatic carbocycles. The zero-order valence-corrected chi connectivity index (χ0v) is 12.4. The summed E-state index contributed by atoms with van der Waals surface area (Å²) in [7, 11) is 1.57. The van der Waals surface area contributed by atoms with Gasteiger partial charge in [-0.15, -0.1) is 10.2 Å². The standard InChI is InChI=1S/C15H19N3O3/c1-10(2)15-18-17-13(21-15)7-8-16-14(19)11-5-4-6-12(9-11)20-3/h4-6,9-10H,7-8H2,1-3H3,(H,16,19). The third-order valence-electron chi connectivity index (χ3n) is 2.93. The van der Waals surface area contributed by atoms with Crippen molar-refractivity contribution in [2.24, 2.45) is 0 Å². The second kappa shape index (κ2) is 6.88. The minimum Gasteiger partial charge on any atom is -0.497 e. The van der Waals surface area contributed by atoms with E-state index in [-0.39, 0.29) is 11.8 Å².